The van der Waals surface area contributed by atoms with E-state index in [1.165, 1.54) is 19.1 Å². The Balaban J connectivity index is 1.95. The van der Waals surface area contributed by atoms with E-state index in [-0.39, 0.29) is 18.1 Å². The largest absolute Gasteiger partial charge is 0.491 e. The lowest BCUT2D eigenvalue weighted by atomic mass is 10.2. The van der Waals surface area contributed by atoms with Gasteiger partial charge in [-0.15, -0.1) is 0 Å². The Morgan fingerprint density at radius 1 is 1.19 bits per heavy atom. The average Bonchev–Trinajstić information content (AvgIpc) is 3.15. The Morgan fingerprint density at radius 3 is 2.19 bits per heavy atom. The summed E-state index contributed by atoms with van der Waals surface area (Å²) in [5.74, 6) is 0.112. The fourth-order valence-electron chi connectivity index (χ4n) is 1.67. The zero-order valence-corrected chi connectivity index (χ0v) is 12.1. The van der Waals surface area contributed by atoms with Gasteiger partial charge in [-0.2, -0.15) is 21.6 Å². The van der Waals surface area contributed by atoms with Crippen molar-refractivity contribution < 1.29 is 30.5 Å². The fraction of sp³-hybridized carbons (Fsp3) is 0.538. The maximum atomic E-state index is 12.4. The van der Waals surface area contributed by atoms with E-state index in [0.717, 1.165) is 12.1 Å². The van der Waals surface area contributed by atoms with Crippen LogP contribution in [0.5, 0.6) is 5.75 Å². The van der Waals surface area contributed by atoms with Crippen molar-refractivity contribution in [1.82, 2.24) is 0 Å². The van der Waals surface area contributed by atoms with Crippen molar-refractivity contribution in [3.8, 4) is 5.75 Å². The van der Waals surface area contributed by atoms with Crippen LogP contribution in [0.1, 0.15) is 25.3 Å². The molecular formula is C13H15F3O4S. The molecule has 1 fully saturated rings. The van der Waals surface area contributed by atoms with E-state index >= 15 is 0 Å². The molecule has 0 bridgehead atoms. The quantitative estimate of drug-likeness (QED) is 0.755. The van der Waals surface area contributed by atoms with E-state index < -0.39 is 27.5 Å². The zero-order chi connectivity index (χ0) is 15.7. The van der Waals surface area contributed by atoms with Gasteiger partial charge in [0.15, 0.2) is 0 Å². The predicted molar refractivity (Wildman–Crippen MR) is 69.4 cm³/mol. The van der Waals surface area contributed by atoms with Gasteiger partial charge < -0.3 is 4.74 Å². The Labute approximate surface area is 121 Å². The van der Waals surface area contributed by atoms with E-state index in [1.54, 1.807) is 0 Å². The zero-order valence-electron chi connectivity index (χ0n) is 11.3. The van der Waals surface area contributed by atoms with Crippen LogP contribution in [-0.2, 0) is 20.5 Å². The molecule has 0 radical (unpaired) electrons. The summed E-state index contributed by atoms with van der Waals surface area (Å²) in [7, 11) is -3.57. The molecule has 0 aromatic heterocycles. The predicted octanol–water partition coefficient (Wildman–Crippen LogP) is 2.98. The van der Waals surface area contributed by atoms with Crippen molar-refractivity contribution in [3.05, 3.63) is 29.8 Å². The summed E-state index contributed by atoms with van der Waals surface area (Å²) in [5.41, 5.74) is -1.63. The smallest absolute Gasteiger partial charge is 0.416 e. The monoisotopic (exact) mass is 324 g/mol. The van der Waals surface area contributed by atoms with Gasteiger partial charge in [0, 0.05) is 0 Å². The average molecular weight is 324 g/mol. The first-order chi connectivity index (χ1) is 9.66. The number of hydrogen-bond donors (Lipinski definition) is 0. The van der Waals surface area contributed by atoms with Crippen LogP contribution in [0.15, 0.2) is 24.3 Å². The fourth-order valence-corrected chi connectivity index (χ4v) is 2.55. The lowest BCUT2D eigenvalue weighted by Crippen LogP contribution is -2.27. The minimum Gasteiger partial charge on any atom is -0.491 e. The summed E-state index contributed by atoms with van der Waals surface area (Å²) >= 11 is 0. The summed E-state index contributed by atoms with van der Waals surface area (Å²) in [6, 6.07) is 4.23. The molecule has 2 rings (SSSR count). The molecule has 118 valence electrons. The number of ether oxygens (including phenoxy) is 1. The molecule has 0 heterocycles. The topological polar surface area (TPSA) is 52.6 Å². The van der Waals surface area contributed by atoms with Crippen molar-refractivity contribution >= 4 is 10.1 Å². The molecule has 1 aliphatic carbocycles. The molecule has 1 saturated carbocycles. The highest BCUT2D eigenvalue weighted by molar-refractivity contribution is 7.86. The first-order valence-corrected chi connectivity index (χ1v) is 7.97. The number of halogens is 3. The van der Waals surface area contributed by atoms with Crippen molar-refractivity contribution in [2.45, 2.75) is 31.5 Å². The third kappa shape index (κ3) is 4.34. The molecule has 0 amide bonds. The Hall–Kier alpha value is -1.28. The van der Waals surface area contributed by atoms with Crippen LogP contribution in [0.4, 0.5) is 13.2 Å². The maximum absolute atomic E-state index is 12.4. The van der Waals surface area contributed by atoms with Crippen molar-refractivity contribution in [2.24, 2.45) is 0 Å². The molecule has 0 unspecified atom stereocenters. The van der Waals surface area contributed by atoms with Gasteiger partial charge in [0.1, 0.15) is 18.0 Å². The number of alkyl halides is 3. The molecule has 0 atom stereocenters. The minimum atomic E-state index is -4.39. The molecule has 0 saturated heterocycles. The first-order valence-electron chi connectivity index (χ1n) is 6.39. The summed E-state index contributed by atoms with van der Waals surface area (Å²) < 4.78 is 70.4. The van der Waals surface area contributed by atoms with Crippen LogP contribution in [-0.4, -0.2) is 26.4 Å². The third-order valence-electron chi connectivity index (χ3n) is 3.15. The van der Waals surface area contributed by atoms with Crippen LogP contribution >= 0.6 is 0 Å². The van der Waals surface area contributed by atoms with E-state index in [0.29, 0.717) is 12.8 Å². The van der Waals surface area contributed by atoms with E-state index in [9.17, 15) is 21.6 Å². The molecule has 21 heavy (non-hydrogen) atoms. The summed E-state index contributed by atoms with van der Waals surface area (Å²) in [4.78, 5) is 0. The van der Waals surface area contributed by atoms with Crippen LogP contribution in [0.3, 0.4) is 0 Å². The third-order valence-corrected chi connectivity index (χ3v) is 4.46. The summed E-state index contributed by atoms with van der Waals surface area (Å²) in [6.45, 7) is 1.47. The second-order valence-electron chi connectivity index (χ2n) is 4.92. The Morgan fingerprint density at radius 2 is 1.76 bits per heavy atom. The summed E-state index contributed by atoms with van der Waals surface area (Å²) in [5, 5.41) is 0. The van der Waals surface area contributed by atoms with E-state index in [4.69, 9.17) is 8.92 Å². The van der Waals surface area contributed by atoms with E-state index in [1.807, 2.05) is 0 Å². The number of rotatable bonds is 6. The second kappa shape index (κ2) is 5.49. The van der Waals surface area contributed by atoms with Gasteiger partial charge in [0.25, 0.3) is 10.1 Å². The molecule has 1 aliphatic rings. The molecule has 0 spiro atoms. The Bertz CT molecular complexity index is 589. The van der Waals surface area contributed by atoms with Gasteiger partial charge in [-0.05, 0) is 44.0 Å². The highest BCUT2D eigenvalue weighted by Crippen LogP contribution is 2.41. The number of benzene rings is 1. The summed E-state index contributed by atoms with van der Waals surface area (Å²) in [6.07, 6.45) is -3.30. The Kier molecular flexibility index (Phi) is 4.21. The van der Waals surface area contributed by atoms with Gasteiger partial charge >= 0.3 is 6.18 Å². The highest BCUT2D eigenvalue weighted by atomic mass is 32.2. The minimum absolute atomic E-state index is 0.00239. The lowest BCUT2D eigenvalue weighted by Gasteiger charge is -2.16. The molecule has 1 aromatic carbocycles. The van der Waals surface area contributed by atoms with Gasteiger partial charge in [-0.3, -0.25) is 4.18 Å². The van der Waals surface area contributed by atoms with Gasteiger partial charge in [-0.1, -0.05) is 0 Å². The van der Waals surface area contributed by atoms with Crippen molar-refractivity contribution in [3.63, 3.8) is 0 Å². The normalized spacial score (nSPS) is 17.5. The molecule has 4 nitrogen and oxygen atoms in total. The molecule has 1 aromatic rings. The number of hydrogen-bond acceptors (Lipinski definition) is 4. The lowest BCUT2D eigenvalue weighted by molar-refractivity contribution is -0.137. The molecule has 8 heteroatoms. The van der Waals surface area contributed by atoms with Crippen molar-refractivity contribution in [1.29, 1.82) is 0 Å². The molecular weight excluding hydrogens is 309 g/mol. The van der Waals surface area contributed by atoms with Crippen molar-refractivity contribution in [2.75, 3.05) is 12.4 Å². The second-order valence-corrected chi connectivity index (χ2v) is 6.78. The van der Waals surface area contributed by atoms with Crippen LogP contribution in [0.2, 0.25) is 0 Å². The van der Waals surface area contributed by atoms with Crippen LogP contribution in [0.25, 0.3) is 0 Å². The maximum Gasteiger partial charge on any atom is 0.416 e. The van der Waals surface area contributed by atoms with E-state index in [2.05, 4.69) is 0 Å². The first kappa shape index (κ1) is 16.1. The van der Waals surface area contributed by atoms with Crippen LogP contribution < -0.4 is 4.74 Å². The van der Waals surface area contributed by atoms with Crippen LogP contribution in [0, 0.1) is 0 Å². The highest BCUT2D eigenvalue weighted by Gasteiger charge is 2.48. The standard InChI is InChI=1S/C13H15F3O4S/c1-2-21(17,18)20-12(7-8-12)9-19-11-5-3-10(4-6-11)13(14,15)16/h3-6H,2,7-9H2,1H3. The molecule has 0 aliphatic heterocycles. The SMILES string of the molecule is CCS(=O)(=O)OC1(COc2ccc(C(F)(F)F)cc2)CC1. The van der Waals surface area contributed by atoms with Gasteiger partial charge in [-0.25, -0.2) is 0 Å². The van der Waals surface area contributed by atoms with Gasteiger partial charge in [0.2, 0.25) is 0 Å². The van der Waals surface area contributed by atoms with Gasteiger partial charge in [0.05, 0.1) is 11.3 Å². The molecule has 0 N–H and O–H groups in total.